The third kappa shape index (κ3) is 6.98. The number of unbranched alkanes of at least 4 members (excludes halogenated alkanes) is 1. The topological polar surface area (TPSA) is 87.7 Å². The fraction of sp³-hybridized carbons (Fsp3) is 0.650. The summed E-state index contributed by atoms with van der Waals surface area (Å²) in [5.74, 6) is -0.438. The van der Waals surface area contributed by atoms with Crippen molar-refractivity contribution in [2.75, 3.05) is 29.9 Å². The highest BCUT2D eigenvalue weighted by molar-refractivity contribution is 7.90. The number of morpholine rings is 1. The van der Waals surface area contributed by atoms with Crippen LogP contribution in [0.2, 0.25) is 0 Å². The van der Waals surface area contributed by atoms with Crippen molar-refractivity contribution in [3.05, 3.63) is 24.3 Å². The van der Waals surface area contributed by atoms with E-state index in [1.54, 1.807) is 13.8 Å². The number of benzene rings is 1. The molecule has 28 heavy (non-hydrogen) atoms. The molecule has 1 heterocycles. The van der Waals surface area contributed by atoms with E-state index in [-0.39, 0.29) is 18.6 Å². The fourth-order valence-electron chi connectivity index (χ4n) is 3.15. The normalized spacial score (nSPS) is 20.2. The number of nitrogens with one attached hydrogen (secondary N) is 2. The summed E-state index contributed by atoms with van der Waals surface area (Å²) in [4.78, 5) is 14.0. The van der Waals surface area contributed by atoms with E-state index >= 15 is 0 Å². The van der Waals surface area contributed by atoms with E-state index in [0.29, 0.717) is 6.42 Å². The smallest absolute Gasteiger partial charge is 0.237 e. The SMILES string of the molecule is CC1CN(c2ccc(NCCCCC(=O)NS(=O)(=O)C(C)C)cc2)CC(C)O1. The second-order valence-electron chi connectivity index (χ2n) is 7.71. The first kappa shape index (κ1) is 22.5. The molecule has 1 aromatic carbocycles. The standard InChI is InChI=1S/C20H33N3O4S/c1-15(2)28(25,26)22-20(24)7-5-6-12-21-18-8-10-19(11-9-18)23-13-16(3)27-17(4)14-23/h8-11,15-17,21H,5-7,12-14H2,1-4H3,(H,22,24). The minimum Gasteiger partial charge on any atom is -0.385 e. The number of sulfonamides is 1. The third-order valence-corrected chi connectivity index (χ3v) is 6.44. The van der Waals surface area contributed by atoms with Gasteiger partial charge in [-0.3, -0.25) is 9.52 Å². The van der Waals surface area contributed by atoms with Crippen molar-refractivity contribution >= 4 is 27.3 Å². The van der Waals surface area contributed by atoms with Crippen LogP contribution in [-0.4, -0.2) is 51.4 Å². The average Bonchev–Trinajstić information content (AvgIpc) is 2.60. The highest BCUT2D eigenvalue weighted by Gasteiger charge is 2.22. The zero-order chi connectivity index (χ0) is 20.7. The molecule has 0 spiro atoms. The van der Waals surface area contributed by atoms with Crippen LogP contribution in [0.5, 0.6) is 0 Å². The van der Waals surface area contributed by atoms with Gasteiger partial charge in [-0.2, -0.15) is 0 Å². The van der Waals surface area contributed by atoms with Crippen LogP contribution >= 0.6 is 0 Å². The molecule has 0 aromatic heterocycles. The quantitative estimate of drug-likeness (QED) is 0.608. The molecule has 158 valence electrons. The summed E-state index contributed by atoms with van der Waals surface area (Å²) >= 11 is 0. The van der Waals surface area contributed by atoms with Gasteiger partial charge in [0, 0.05) is 37.4 Å². The molecule has 2 unspecified atom stereocenters. The number of carbonyl (C=O) groups is 1. The maximum Gasteiger partial charge on any atom is 0.237 e. The van der Waals surface area contributed by atoms with Crippen molar-refractivity contribution < 1.29 is 17.9 Å². The lowest BCUT2D eigenvalue weighted by atomic mass is 10.2. The van der Waals surface area contributed by atoms with Crippen LogP contribution in [0.25, 0.3) is 0 Å². The van der Waals surface area contributed by atoms with Gasteiger partial charge in [0.2, 0.25) is 15.9 Å². The number of hydrogen-bond donors (Lipinski definition) is 2. The Hall–Kier alpha value is -1.80. The highest BCUT2D eigenvalue weighted by atomic mass is 32.2. The first-order valence-electron chi connectivity index (χ1n) is 9.96. The average molecular weight is 412 g/mol. The van der Waals surface area contributed by atoms with Crippen LogP contribution in [0.1, 0.15) is 47.0 Å². The maximum absolute atomic E-state index is 11.7. The van der Waals surface area contributed by atoms with E-state index in [0.717, 1.165) is 31.7 Å². The van der Waals surface area contributed by atoms with Gasteiger partial charge in [0.25, 0.3) is 0 Å². The molecule has 0 saturated carbocycles. The summed E-state index contributed by atoms with van der Waals surface area (Å²) in [6.07, 6.45) is 2.09. The zero-order valence-corrected chi connectivity index (χ0v) is 18.1. The second-order valence-corrected chi connectivity index (χ2v) is 9.95. The van der Waals surface area contributed by atoms with Gasteiger partial charge in [-0.25, -0.2) is 8.42 Å². The molecule has 1 saturated heterocycles. The number of carbonyl (C=O) groups excluding carboxylic acids is 1. The van der Waals surface area contributed by atoms with Gasteiger partial charge < -0.3 is 15.0 Å². The second kappa shape index (κ2) is 10.1. The minimum absolute atomic E-state index is 0.208. The summed E-state index contributed by atoms with van der Waals surface area (Å²) in [6.45, 7) is 9.80. The summed E-state index contributed by atoms with van der Waals surface area (Å²) in [7, 11) is -3.53. The molecule has 8 heteroatoms. The first-order valence-corrected chi connectivity index (χ1v) is 11.5. The highest BCUT2D eigenvalue weighted by Crippen LogP contribution is 2.22. The van der Waals surface area contributed by atoms with E-state index in [4.69, 9.17) is 4.74 Å². The van der Waals surface area contributed by atoms with E-state index in [1.165, 1.54) is 5.69 Å². The summed E-state index contributed by atoms with van der Waals surface area (Å²) in [5, 5.41) is 2.73. The monoisotopic (exact) mass is 411 g/mol. The van der Waals surface area contributed by atoms with Gasteiger partial charge in [-0.15, -0.1) is 0 Å². The number of ether oxygens (including phenoxy) is 1. The lowest BCUT2D eigenvalue weighted by Crippen LogP contribution is -2.45. The molecule has 0 aliphatic carbocycles. The Morgan fingerprint density at radius 3 is 2.32 bits per heavy atom. The summed E-state index contributed by atoms with van der Waals surface area (Å²) < 4.78 is 31.2. The van der Waals surface area contributed by atoms with Crippen molar-refractivity contribution in [1.29, 1.82) is 0 Å². The van der Waals surface area contributed by atoms with Crippen LogP contribution in [0.3, 0.4) is 0 Å². The Bertz CT molecular complexity index is 724. The minimum atomic E-state index is -3.53. The van der Waals surface area contributed by atoms with Crippen molar-refractivity contribution in [1.82, 2.24) is 4.72 Å². The number of rotatable bonds is 9. The predicted octanol–water partition coefficient (Wildman–Crippen LogP) is 2.74. The zero-order valence-electron chi connectivity index (χ0n) is 17.3. The van der Waals surface area contributed by atoms with Crippen LogP contribution in [0.4, 0.5) is 11.4 Å². The molecule has 2 atom stereocenters. The maximum atomic E-state index is 11.7. The van der Waals surface area contributed by atoms with Crippen molar-refractivity contribution in [3.8, 4) is 0 Å². The molecular formula is C20H33N3O4S. The Kier molecular flexibility index (Phi) is 8.12. The Labute approximate surface area is 168 Å². The predicted molar refractivity (Wildman–Crippen MR) is 113 cm³/mol. The number of amides is 1. The van der Waals surface area contributed by atoms with E-state index in [2.05, 4.69) is 53.1 Å². The van der Waals surface area contributed by atoms with E-state index in [1.807, 2.05) is 0 Å². The molecular weight excluding hydrogens is 378 g/mol. The molecule has 1 fully saturated rings. The van der Waals surface area contributed by atoms with Crippen LogP contribution < -0.4 is 14.9 Å². The lowest BCUT2D eigenvalue weighted by Gasteiger charge is -2.36. The summed E-state index contributed by atoms with van der Waals surface area (Å²) in [5.41, 5.74) is 2.22. The molecule has 1 aliphatic rings. The van der Waals surface area contributed by atoms with E-state index < -0.39 is 21.2 Å². The number of hydrogen-bond acceptors (Lipinski definition) is 6. The largest absolute Gasteiger partial charge is 0.385 e. The van der Waals surface area contributed by atoms with Crippen molar-refractivity contribution in [2.24, 2.45) is 0 Å². The number of nitrogens with zero attached hydrogens (tertiary/aromatic N) is 1. The summed E-state index contributed by atoms with van der Waals surface area (Å²) in [6, 6.07) is 8.33. The van der Waals surface area contributed by atoms with Gasteiger partial charge in [0.15, 0.2) is 0 Å². The molecule has 2 N–H and O–H groups in total. The van der Waals surface area contributed by atoms with E-state index in [9.17, 15) is 13.2 Å². The molecule has 2 rings (SSSR count). The molecule has 1 aliphatic heterocycles. The van der Waals surface area contributed by atoms with Gasteiger partial charge in [0.1, 0.15) is 0 Å². The van der Waals surface area contributed by atoms with Gasteiger partial charge in [0.05, 0.1) is 17.5 Å². The molecule has 0 bridgehead atoms. The molecule has 7 nitrogen and oxygen atoms in total. The molecule has 1 amide bonds. The molecule has 0 radical (unpaired) electrons. The lowest BCUT2D eigenvalue weighted by molar-refractivity contribution is -0.119. The molecule has 1 aromatic rings. The first-order chi connectivity index (χ1) is 13.2. The van der Waals surface area contributed by atoms with Gasteiger partial charge in [-0.1, -0.05) is 0 Å². The van der Waals surface area contributed by atoms with Gasteiger partial charge >= 0.3 is 0 Å². The third-order valence-electron chi connectivity index (χ3n) is 4.69. The number of anilines is 2. The van der Waals surface area contributed by atoms with Crippen LogP contribution in [0.15, 0.2) is 24.3 Å². The van der Waals surface area contributed by atoms with Crippen LogP contribution in [-0.2, 0) is 19.6 Å². The fourth-order valence-corrected chi connectivity index (χ4v) is 3.80. The van der Waals surface area contributed by atoms with Crippen molar-refractivity contribution in [3.63, 3.8) is 0 Å². The van der Waals surface area contributed by atoms with Gasteiger partial charge in [-0.05, 0) is 64.8 Å². The Morgan fingerprint density at radius 1 is 1.14 bits per heavy atom. The van der Waals surface area contributed by atoms with Crippen LogP contribution in [0, 0.1) is 0 Å². The van der Waals surface area contributed by atoms with Crippen molar-refractivity contribution in [2.45, 2.75) is 64.4 Å². The Balaban J connectivity index is 1.69. The Morgan fingerprint density at radius 2 is 1.75 bits per heavy atom.